The van der Waals surface area contributed by atoms with Crippen LogP contribution in [0.25, 0.3) is 0 Å². The maximum Gasteiger partial charge on any atom is 0.0865 e. The summed E-state index contributed by atoms with van der Waals surface area (Å²) in [7, 11) is 0. The minimum Gasteiger partial charge on any atom is -0.373 e. The van der Waals surface area contributed by atoms with Crippen molar-refractivity contribution in [2.24, 2.45) is 11.8 Å². The molecule has 2 unspecified atom stereocenters. The van der Waals surface area contributed by atoms with Crippen LogP contribution < -0.4 is 5.32 Å². The van der Waals surface area contributed by atoms with Crippen LogP contribution in [0.15, 0.2) is 24.3 Å². The number of benzene rings is 1. The van der Waals surface area contributed by atoms with Gasteiger partial charge in [-0.15, -0.1) is 0 Å². The van der Waals surface area contributed by atoms with Gasteiger partial charge in [0.15, 0.2) is 0 Å². The molecule has 2 nitrogen and oxygen atoms in total. The molecule has 0 amide bonds. The van der Waals surface area contributed by atoms with Gasteiger partial charge < -0.3 is 10.1 Å². The average molecular weight is 282 g/mol. The third kappa shape index (κ3) is 4.48. The molecule has 1 N–H and O–H groups in total. The molecule has 1 aromatic rings. The van der Waals surface area contributed by atoms with E-state index in [0.29, 0.717) is 11.8 Å². The van der Waals surface area contributed by atoms with Crippen LogP contribution in [0, 0.1) is 11.8 Å². The van der Waals surface area contributed by atoms with Gasteiger partial charge in [-0.3, -0.25) is 0 Å². The molecule has 106 valence electrons. The van der Waals surface area contributed by atoms with Gasteiger partial charge in [0.1, 0.15) is 0 Å². The molecule has 0 spiro atoms. The Morgan fingerprint density at radius 1 is 1.32 bits per heavy atom. The van der Waals surface area contributed by atoms with E-state index in [2.05, 4.69) is 31.3 Å². The Labute approximate surface area is 121 Å². The van der Waals surface area contributed by atoms with Gasteiger partial charge in [-0.05, 0) is 43.0 Å². The van der Waals surface area contributed by atoms with Crippen LogP contribution in [0.2, 0.25) is 5.02 Å². The summed E-state index contributed by atoms with van der Waals surface area (Å²) >= 11 is 5.95. The molecule has 1 saturated heterocycles. The van der Waals surface area contributed by atoms with Gasteiger partial charge in [0.05, 0.1) is 6.10 Å². The van der Waals surface area contributed by atoms with Gasteiger partial charge in [0, 0.05) is 24.1 Å². The molecule has 1 aliphatic heterocycles. The van der Waals surface area contributed by atoms with E-state index in [1.54, 1.807) is 0 Å². The molecule has 0 saturated carbocycles. The monoisotopic (exact) mass is 281 g/mol. The van der Waals surface area contributed by atoms with Crippen LogP contribution >= 0.6 is 11.6 Å². The molecule has 1 heterocycles. The minimum atomic E-state index is 0.214. The number of nitrogens with one attached hydrogen (secondary N) is 1. The normalized spacial score (nSPS) is 23.8. The summed E-state index contributed by atoms with van der Waals surface area (Å²) in [5, 5.41) is 4.35. The fourth-order valence-corrected chi connectivity index (χ4v) is 2.76. The molecule has 2 atom stereocenters. The van der Waals surface area contributed by atoms with E-state index < -0.39 is 0 Å². The SMILES string of the molecule is CC(C)CNCC1CCCOC1c1ccc(Cl)cc1. The molecule has 0 bridgehead atoms. The van der Waals surface area contributed by atoms with Crippen molar-refractivity contribution in [1.82, 2.24) is 5.32 Å². The van der Waals surface area contributed by atoms with Crippen molar-refractivity contribution in [2.45, 2.75) is 32.8 Å². The van der Waals surface area contributed by atoms with Gasteiger partial charge in [0.2, 0.25) is 0 Å². The first-order valence-corrected chi connectivity index (χ1v) is 7.62. The Balaban J connectivity index is 1.97. The summed E-state index contributed by atoms with van der Waals surface area (Å²) in [6.07, 6.45) is 2.61. The first kappa shape index (κ1) is 14.8. The zero-order valence-electron chi connectivity index (χ0n) is 11.9. The van der Waals surface area contributed by atoms with E-state index >= 15 is 0 Å². The predicted octanol–water partition coefficient (Wildman–Crippen LogP) is 4.05. The highest BCUT2D eigenvalue weighted by Gasteiger charge is 2.27. The number of hydrogen-bond donors (Lipinski definition) is 1. The summed E-state index contributed by atoms with van der Waals surface area (Å²) < 4.78 is 5.99. The number of ether oxygens (including phenoxy) is 1. The molecule has 0 aliphatic carbocycles. The van der Waals surface area contributed by atoms with Crippen LogP contribution in [0.4, 0.5) is 0 Å². The molecule has 1 aliphatic rings. The summed E-state index contributed by atoms with van der Waals surface area (Å²) in [6.45, 7) is 7.45. The second kappa shape index (κ2) is 7.28. The number of halogens is 1. The third-order valence-corrected chi connectivity index (χ3v) is 3.85. The maximum absolute atomic E-state index is 5.99. The average Bonchev–Trinajstić information content (AvgIpc) is 2.40. The Kier molecular flexibility index (Phi) is 5.68. The van der Waals surface area contributed by atoms with E-state index in [9.17, 15) is 0 Å². The van der Waals surface area contributed by atoms with Gasteiger partial charge in [-0.2, -0.15) is 0 Å². The van der Waals surface area contributed by atoms with Crippen LogP contribution in [0.5, 0.6) is 0 Å². The summed E-state index contributed by atoms with van der Waals surface area (Å²) in [4.78, 5) is 0. The molecular weight excluding hydrogens is 258 g/mol. The van der Waals surface area contributed by atoms with E-state index in [1.165, 1.54) is 12.0 Å². The van der Waals surface area contributed by atoms with Crippen molar-refractivity contribution in [3.63, 3.8) is 0 Å². The molecule has 19 heavy (non-hydrogen) atoms. The highest BCUT2D eigenvalue weighted by atomic mass is 35.5. The topological polar surface area (TPSA) is 21.3 Å². The lowest BCUT2D eigenvalue weighted by Crippen LogP contribution is -2.33. The quantitative estimate of drug-likeness (QED) is 0.879. The van der Waals surface area contributed by atoms with Crippen molar-refractivity contribution in [2.75, 3.05) is 19.7 Å². The van der Waals surface area contributed by atoms with E-state index in [-0.39, 0.29) is 6.10 Å². The lowest BCUT2D eigenvalue weighted by Gasteiger charge is -2.32. The smallest absolute Gasteiger partial charge is 0.0865 e. The first-order valence-electron chi connectivity index (χ1n) is 7.24. The zero-order valence-corrected chi connectivity index (χ0v) is 12.6. The van der Waals surface area contributed by atoms with E-state index in [4.69, 9.17) is 16.3 Å². The van der Waals surface area contributed by atoms with Crippen LogP contribution in [0.1, 0.15) is 38.4 Å². The Hall–Kier alpha value is -0.570. The summed E-state index contributed by atoms with van der Waals surface area (Å²) in [6, 6.07) is 8.09. The Bertz CT molecular complexity index is 377. The highest BCUT2D eigenvalue weighted by Crippen LogP contribution is 2.33. The van der Waals surface area contributed by atoms with Crippen molar-refractivity contribution in [3.8, 4) is 0 Å². The van der Waals surface area contributed by atoms with Crippen molar-refractivity contribution < 1.29 is 4.74 Å². The lowest BCUT2D eigenvalue weighted by atomic mass is 9.89. The molecule has 1 aromatic carbocycles. The van der Waals surface area contributed by atoms with E-state index in [0.717, 1.165) is 31.1 Å². The zero-order chi connectivity index (χ0) is 13.7. The number of rotatable bonds is 5. The van der Waals surface area contributed by atoms with Crippen LogP contribution in [0.3, 0.4) is 0 Å². The van der Waals surface area contributed by atoms with Crippen molar-refractivity contribution in [3.05, 3.63) is 34.9 Å². The van der Waals surface area contributed by atoms with Gasteiger partial charge in [0.25, 0.3) is 0 Å². The molecule has 0 aromatic heterocycles. The van der Waals surface area contributed by atoms with Crippen molar-refractivity contribution >= 4 is 11.6 Å². The van der Waals surface area contributed by atoms with Crippen LogP contribution in [-0.2, 0) is 4.74 Å². The highest BCUT2D eigenvalue weighted by molar-refractivity contribution is 6.30. The maximum atomic E-state index is 5.99. The molecular formula is C16H24ClNO. The second-order valence-electron chi connectivity index (χ2n) is 5.80. The molecule has 3 heteroatoms. The molecule has 1 fully saturated rings. The lowest BCUT2D eigenvalue weighted by molar-refractivity contribution is -0.0278. The van der Waals surface area contributed by atoms with Gasteiger partial charge in [-0.25, -0.2) is 0 Å². The predicted molar refractivity (Wildman–Crippen MR) is 80.6 cm³/mol. The largest absolute Gasteiger partial charge is 0.373 e. The number of hydrogen-bond acceptors (Lipinski definition) is 2. The minimum absolute atomic E-state index is 0.214. The first-order chi connectivity index (χ1) is 9.16. The summed E-state index contributed by atoms with van der Waals surface area (Å²) in [5.41, 5.74) is 1.25. The van der Waals surface area contributed by atoms with Crippen molar-refractivity contribution in [1.29, 1.82) is 0 Å². The van der Waals surface area contributed by atoms with Crippen LogP contribution in [-0.4, -0.2) is 19.7 Å². The Morgan fingerprint density at radius 2 is 2.05 bits per heavy atom. The standard InChI is InChI=1S/C16H24ClNO/c1-12(2)10-18-11-14-4-3-9-19-16(14)13-5-7-15(17)8-6-13/h5-8,12,14,16,18H,3-4,9-11H2,1-2H3. The van der Waals surface area contributed by atoms with Gasteiger partial charge in [-0.1, -0.05) is 37.6 Å². The molecule has 2 rings (SSSR count). The molecule has 0 radical (unpaired) electrons. The second-order valence-corrected chi connectivity index (χ2v) is 6.23. The fourth-order valence-electron chi connectivity index (χ4n) is 2.63. The van der Waals surface area contributed by atoms with E-state index in [1.807, 2.05) is 12.1 Å². The summed E-state index contributed by atoms with van der Waals surface area (Å²) in [5.74, 6) is 1.26. The fraction of sp³-hybridized carbons (Fsp3) is 0.625. The third-order valence-electron chi connectivity index (χ3n) is 3.60. The van der Waals surface area contributed by atoms with Gasteiger partial charge >= 0.3 is 0 Å². The Morgan fingerprint density at radius 3 is 2.74 bits per heavy atom.